The zero-order valence-corrected chi connectivity index (χ0v) is 16.9. The third-order valence-corrected chi connectivity index (χ3v) is 5.94. The zero-order valence-electron chi connectivity index (χ0n) is 16.9. The van der Waals surface area contributed by atoms with E-state index < -0.39 is 0 Å². The molecule has 0 amide bonds. The van der Waals surface area contributed by atoms with Crippen LogP contribution < -0.4 is 9.47 Å². The van der Waals surface area contributed by atoms with Crippen LogP contribution in [0.25, 0.3) is 21.5 Å². The van der Waals surface area contributed by atoms with Crippen molar-refractivity contribution in [3.8, 4) is 11.5 Å². The Morgan fingerprint density at radius 3 is 1.25 bits per heavy atom. The van der Waals surface area contributed by atoms with Gasteiger partial charge in [0.25, 0.3) is 0 Å². The van der Waals surface area contributed by atoms with Gasteiger partial charge >= 0.3 is 0 Å². The molecular weight excluding hydrogens is 344 g/mol. The maximum Gasteiger partial charge on any atom is 0.119 e. The van der Waals surface area contributed by atoms with Crippen LogP contribution in [0.4, 0.5) is 0 Å². The average molecular weight is 370 g/mol. The molecule has 0 N–H and O–H groups in total. The highest BCUT2D eigenvalue weighted by Gasteiger charge is 2.17. The van der Waals surface area contributed by atoms with Crippen LogP contribution in [0.3, 0.4) is 0 Å². The highest BCUT2D eigenvalue weighted by molar-refractivity contribution is 5.85. The number of ether oxygens (including phenoxy) is 2. The van der Waals surface area contributed by atoms with E-state index in [9.17, 15) is 0 Å². The van der Waals surface area contributed by atoms with Gasteiger partial charge in [0.2, 0.25) is 0 Å². The molecule has 142 valence electrons. The summed E-state index contributed by atoms with van der Waals surface area (Å²) in [6.07, 6.45) is 0. The smallest absolute Gasteiger partial charge is 0.119 e. The Morgan fingerprint density at radius 2 is 0.857 bits per heavy atom. The van der Waals surface area contributed by atoms with Crippen molar-refractivity contribution < 1.29 is 9.47 Å². The Bertz CT molecular complexity index is 1040. The second-order valence-corrected chi connectivity index (χ2v) is 7.52. The molecule has 0 spiro atoms. The number of hydrogen-bond acceptors (Lipinski definition) is 2. The summed E-state index contributed by atoms with van der Waals surface area (Å²) in [4.78, 5) is 0. The highest BCUT2D eigenvalue weighted by atomic mass is 16.5. The fourth-order valence-corrected chi connectivity index (χ4v) is 3.88. The number of fused-ring (bicyclic) bond motifs is 2. The van der Waals surface area contributed by atoms with Gasteiger partial charge in [-0.05, 0) is 68.8 Å². The number of benzene rings is 4. The van der Waals surface area contributed by atoms with Gasteiger partial charge < -0.3 is 9.47 Å². The zero-order chi connectivity index (χ0) is 19.7. The van der Waals surface area contributed by atoms with Crippen LogP contribution >= 0.6 is 0 Å². The molecule has 0 heterocycles. The summed E-state index contributed by atoms with van der Waals surface area (Å²) in [5.74, 6) is 2.63. The lowest BCUT2D eigenvalue weighted by Crippen LogP contribution is -2.05. The molecule has 4 aromatic carbocycles. The van der Waals surface area contributed by atoms with Crippen molar-refractivity contribution in [1.82, 2.24) is 0 Å². The number of hydrogen-bond donors (Lipinski definition) is 0. The molecule has 0 saturated carbocycles. The van der Waals surface area contributed by atoms with Gasteiger partial charge in [-0.1, -0.05) is 62.4 Å². The van der Waals surface area contributed by atoms with E-state index >= 15 is 0 Å². The Labute approximate surface area is 166 Å². The van der Waals surface area contributed by atoms with Crippen molar-refractivity contribution in [1.29, 1.82) is 0 Å². The molecule has 0 aliphatic heterocycles. The lowest BCUT2D eigenvalue weighted by molar-refractivity contribution is 0.415. The molecule has 0 fully saturated rings. The summed E-state index contributed by atoms with van der Waals surface area (Å²) >= 11 is 0. The lowest BCUT2D eigenvalue weighted by atomic mass is 9.83. The van der Waals surface area contributed by atoms with Gasteiger partial charge in [-0.2, -0.15) is 0 Å². The molecule has 2 heteroatoms. The molecule has 0 radical (unpaired) electrons. The van der Waals surface area contributed by atoms with E-state index in [1.807, 2.05) is 12.1 Å². The Kier molecular flexibility index (Phi) is 4.95. The molecule has 0 aliphatic carbocycles. The first kappa shape index (κ1) is 18.4. The van der Waals surface area contributed by atoms with Crippen molar-refractivity contribution in [2.75, 3.05) is 14.2 Å². The SMILES string of the molecule is COc1ccc2cc(C(C)C(C)c3ccc4cc(OC)ccc4c3)ccc2c1. The van der Waals surface area contributed by atoms with Crippen LogP contribution in [0.1, 0.15) is 36.8 Å². The van der Waals surface area contributed by atoms with Crippen LogP contribution in [0.5, 0.6) is 11.5 Å². The third kappa shape index (κ3) is 3.43. The second kappa shape index (κ2) is 7.55. The first-order valence-electron chi connectivity index (χ1n) is 9.74. The van der Waals surface area contributed by atoms with Crippen molar-refractivity contribution >= 4 is 21.5 Å². The molecular formula is C26H26O2. The van der Waals surface area contributed by atoms with E-state index in [1.165, 1.54) is 32.7 Å². The molecule has 0 aromatic heterocycles. The fraction of sp³-hybridized carbons (Fsp3) is 0.231. The molecule has 2 atom stereocenters. The van der Waals surface area contributed by atoms with Crippen molar-refractivity contribution in [2.45, 2.75) is 25.7 Å². The van der Waals surface area contributed by atoms with Gasteiger partial charge in [0.1, 0.15) is 11.5 Å². The molecule has 4 rings (SSSR count). The monoisotopic (exact) mass is 370 g/mol. The first-order chi connectivity index (χ1) is 13.6. The van der Waals surface area contributed by atoms with E-state index in [4.69, 9.17) is 9.47 Å². The Hall–Kier alpha value is -3.00. The van der Waals surface area contributed by atoms with Crippen molar-refractivity contribution in [3.05, 3.63) is 83.9 Å². The summed E-state index contributed by atoms with van der Waals surface area (Å²) < 4.78 is 10.7. The molecule has 0 saturated heterocycles. The number of rotatable bonds is 5. The van der Waals surface area contributed by atoms with Crippen LogP contribution in [0.15, 0.2) is 72.8 Å². The minimum absolute atomic E-state index is 0.419. The summed E-state index contributed by atoms with van der Waals surface area (Å²) in [6, 6.07) is 26.0. The van der Waals surface area contributed by atoms with Gasteiger partial charge in [-0.15, -0.1) is 0 Å². The van der Waals surface area contributed by atoms with Crippen LogP contribution in [0.2, 0.25) is 0 Å². The van der Waals surface area contributed by atoms with E-state index in [0.717, 1.165) is 11.5 Å². The quantitative estimate of drug-likeness (QED) is 0.380. The highest BCUT2D eigenvalue weighted by Crippen LogP contribution is 2.35. The topological polar surface area (TPSA) is 18.5 Å². The van der Waals surface area contributed by atoms with Gasteiger partial charge in [0.15, 0.2) is 0 Å². The average Bonchev–Trinajstić information content (AvgIpc) is 2.76. The Morgan fingerprint density at radius 1 is 0.500 bits per heavy atom. The van der Waals surface area contributed by atoms with Gasteiger partial charge in [0, 0.05) is 0 Å². The summed E-state index contributed by atoms with van der Waals surface area (Å²) in [5.41, 5.74) is 2.72. The Balaban J connectivity index is 1.64. The molecule has 2 unspecified atom stereocenters. The van der Waals surface area contributed by atoms with Crippen LogP contribution in [-0.2, 0) is 0 Å². The summed E-state index contributed by atoms with van der Waals surface area (Å²) in [5, 5.41) is 4.93. The summed E-state index contributed by atoms with van der Waals surface area (Å²) in [6.45, 7) is 4.63. The molecule has 0 bridgehead atoms. The minimum Gasteiger partial charge on any atom is -0.497 e. The second-order valence-electron chi connectivity index (χ2n) is 7.52. The first-order valence-corrected chi connectivity index (χ1v) is 9.74. The van der Waals surface area contributed by atoms with Gasteiger partial charge in [-0.25, -0.2) is 0 Å². The predicted molar refractivity (Wildman–Crippen MR) is 118 cm³/mol. The lowest BCUT2D eigenvalue weighted by Gasteiger charge is -2.22. The molecule has 4 aromatic rings. The molecule has 28 heavy (non-hydrogen) atoms. The summed E-state index contributed by atoms with van der Waals surface area (Å²) in [7, 11) is 3.41. The number of methoxy groups -OCH3 is 2. The van der Waals surface area contributed by atoms with Crippen molar-refractivity contribution in [3.63, 3.8) is 0 Å². The maximum absolute atomic E-state index is 5.34. The third-order valence-electron chi connectivity index (χ3n) is 5.94. The van der Waals surface area contributed by atoms with E-state index in [1.54, 1.807) is 14.2 Å². The van der Waals surface area contributed by atoms with E-state index in [-0.39, 0.29) is 0 Å². The van der Waals surface area contributed by atoms with Crippen LogP contribution in [-0.4, -0.2) is 14.2 Å². The van der Waals surface area contributed by atoms with Crippen molar-refractivity contribution in [2.24, 2.45) is 0 Å². The van der Waals surface area contributed by atoms with Gasteiger partial charge in [-0.3, -0.25) is 0 Å². The maximum atomic E-state index is 5.34. The van der Waals surface area contributed by atoms with E-state index in [2.05, 4.69) is 74.5 Å². The normalized spacial score (nSPS) is 13.4. The van der Waals surface area contributed by atoms with E-state index in [0.29, 0.717) is 11.8 Å². The van der Waals surface area contributed by atoms with Gasteiger partial charge in [0.05, 0.1) is 14.2 Å². The standard InChI is InChI=1S/C26H26O2/c1-17(19-5-7-23-15-25(27-3)11-9-21(23)13-19)18(2)20-6-8-24-16-26(28-4)12-10-22(24)14-20/h5-18H,1-4H3. The van der Waals surface area contributed by atoms with Crippen LogP contribution in [0, 0.1) is 0 Å². The predicted octanol–water partition coefficient (Wildman–Crippen LogP) is 6.92. The largest absolute Gasteiger partial charge is 0.497 e. The molecule has 2 nitrogen and oxygen atoms in total. The minimum atomic E-state index is 0.419. The fourth-order valence-electron chi connectivity index (χ4n) is 3.88. The molecule has 0 aliphatic rings.